The van der Waals surface area contributed by atoms with Crippen molar-refractivity contribution in [2.24, 2.45) is 4.99 Å². The molecular weight excluding hydrogens is 226 g/mol. The van der Waals surface area contributed by atoms with Crippen LogP contribution in [0.15, 0.2) is 29.3 Å². The van der Waals surface area contributed by atoms with Crippen molar-refractivity contribution >= 4 is 5.96 Å². The highest BCUT2D eigenvalue weighted by Gasteiger charge is 2.09. The molecule has 4 heteroatoms. The van der Waals surface area contributed by atoms with Crippen LogP contribution in [0.1, 0.15) is 18.9 Å². The molecule has 0 amide bonds. The van der Waals surface area contributed by atoms with E-state index in [0.29, 0.717) is 0 Å². The van der Waals surface area contributed by atoms with E-state index in [1.54, 1.807) is 7.05 Å². The predicted molar refractivity (Wildman–Crippen MR) is 76.3 cm³/mol. The third-order valence-corrected chi connectivity index (χ3v) is 2.80. The summed E-state index contributed by atoms with van der Waals surface area (Å²) in [7, 11) is 3.60. The van der Waals surface area contributed by atoms with Gasteiger partial charge in [-0.3, -0.25) is 4.99 Å². The van der Waals surface area contributed by atoms with Gasteiger partial charge in [-0.25, -0.2) is 0 Å². The summed E-state index contributed by atoms with van der Waals surface area (Å²) < 4.78 is 5.99. The molecule has 1 aromatic rings. The van der Waals surface area contributed by atoms with Crippen molar-refractivity contribution in [3.05, 3.63) is 29.8 Å². The van der Waals surface area contributed by atoms with E-state index < -0.39 is 0 Å². The van der Waals surface area contributed by atoms with E-state index in [-0.39, 0.29) is 6.10 Å². The lowest BCUT2D eigenvalue weighted by atomic mass is 10.2. The molecule has 0 aromatic heterocycles. The van der Waals surface area contributed by atoms with Gasteiger partial charge in [0.05, 0.1) is 6.54 Å². The van der Waals surface area contributed by atoms with Crippen molar-refractivity contribution in [1.82, 2.24) is 10.6 Å². The van der Waals surface area contributed by atoms with Crippen LogP contribution in [0.5, 0.6) is 5.75 Å². The lowest BCUT2D eigenvalue weighted by molar-refractivity contribution is 0.198. The Morgan fingerprint density at radius 2 is 2.11 bits per heavy atom. The number of nitrogens with one attached hydrogen (secondary N) is 2. The number of rotatable bonds is 5. The van der Waals surface area contributed by atoms with Crippen molar-refractivity contribution in [1.29, 1.82) is 0 Å². The molecule has 0 saturated carbocycles. The second-order valence-corrected chi connectivity index (χ2v) is 4.12. The molecule has 2 N–H and O–H groups in total. The number of aryl methyl sites for hydroxylation is 1. The summed E-state index contributed by atoms with van der Waals surface area (Å²) in [5.74, 6) is 1.73. The fourth-order valence-corrected chi connectivity index (χ4v) is 1.63. The van der Waals surface area contributed by atoms with Crippen LogP contribution < -0.4 is 15.4 Å². The number of nitrogens with zero attached hydrogens (tertiary/aromatic N) is 1. The zero-order chi connectivity index (χ0) is 13.4. The molecular formula is C14H23N3O. The smallest absolute Gasteiger partial charge is 0.190 e. The van der Waals surface area contributed by atoms with Crippen LogP contribution in [0.2, 0.25) is 0 Å². The van der Waals surface area contributed by atoms with Gasteiger partial charge in [-0.2, -0.15) is 0 Å². The van der Waals surface area contributed by atoms with Crippen molar-refractivity contribution < 1.29 is 4.74 Å². The highest BCUT2D eigenvalue weighted by Crippen LogP contribution is 2.18. The average molecular weight is 249 g/mol. The molecule has 4 nitrogen and oxygen atoms in total. The molecule has 1 atom stereocenters. The number of para-hydroxylation sites is 1. The predicted octanol–water partition coefficient (Wildman–Crippen LogP) is 1.95. The number of hydrogen-bond donors (Lipinski definition) is 2. The number of benzene rings is 1. The number of ether oxygens (including phenoxy) is 1. The zero-order valence-electron chi connectivity index (χ0n) is 11.7. The second kappa shape index (κ2) is 7.58. The normalized spacial score (nSPS) is 13.0. The van der Waals surface area contributed by atoms with Crippen molar-refractivity contribution in [3.63, 3.8) is 0 Å². The van der Waals surface area contributed by atoms with E-state index >= 15 is 0 Å². The molecule has 1 rings (SSSR count). The largest absolute Gasteiger partial charge is 0.488 e. The molecule has 0 heterocycles. The van der Waals surface area contributed by atoms with Gasteiger partial charge < -0.3 is 15.4 Å². The highest BCUT2D eigenvalue weighted by atomic mass is 16.5. The molecule has 0 aliphatic carbocycles. The summed E-state index contributed by atoms with van der Waals surface area (Å²) in [4.78, 5) is 4.08. The first-order valence-electron chi connectivity index (χ1n) is 6.32. The maximum atomic E-state index is 5.99. The van der Waals surface area contributed by atoms with Gasteiger partial charge in [0.1, 0.15) is 11.9 Å². The average Bonchev–Trinajstić information content (AvgIpc) is 2.40. The standard InChI is InChI=1S/C14H23N3O/c1-5-12(10-17-14(15-3)16-4)18-13-9-7-6-8-11(13)2/h6-9,12H,5,10H2,1-4H3,(H2,15,16,17). The Bertz CT molecular complexity index is 390. The lowest BCUT2D eigenvalue weighted by Gasteiger charge is -2.20. The van der Waals surface area contributed by atoms with Crippen LogP contribution in [-0.2, 0) is 0 Å². The Kier molecular flexibility index (Phi) is 6.05. The molecule has 0 fully saturated rings. The Balaban J connectivity index is 2.55. The van der Waals surface area contributed by atoms with Gasteiger partial charge in [0.25, 0.3) is 0 Å². The van der Waals surface area contributed by atoms with Crippen molar-refractivity contribution in [3.8, 4) is 5.75 Å². The third-order valence-electron chi connectivity index (χ3n) is 2.80. The van der Waals surface area contributed by atoms with Crippen molar-refractivity contribution in [2.75, 3.05) is 20.6 Å². The molecule has 0 aliphatic rings. The molecule has 0 bridgehead atoms. The number of guanidine groups is 1. The molecule has 18 heavy (non-hydrogen) atoms. The number of hydrogen-bond acceptors (Lipinski definition) is 2. The van der Waals surface area contributed by atoms with Gasteiger partial charge in [-0.05, 0) is 25.0 Å². The summed E-state index contributed by atoms with van der Waals surface area (Å²) in [6, 6.07) is 8.08. The molecule has 1 unspecified atom stereocenters. The monoisotopic (exact) mass is 249 g/mol. The summed E-state index contributed by atoms with van der Waals surface area (Å²) in [6.07, 6.45) is 1.08. The van der Waals surface area contributed by atoms with Gasteiger partial charge in [-0.1, -0.05) is 25.1 Å². The van der Waals surface area contributed by atoms with Gasteiger partial charge in [0.15, 0.2) is 5.96 Å². The van der Waals surface area contributed by atoms with E-state index in [1.807, 2.05) is 25.2 Å². The lowest BCUT2D eigenvalue weighted by Crippen LogP contribution is -2.40. The highest BCUT2D eigenvalue weighted by molar-refractivity contribution is 5.79. The first kappa shape index (κ1) is 14.4. The van der Waals surface area contributed by atoms with Gasteiger partial charge >= 0.3 is 0 Å². The molecule has 100 valence electrons. The molecule has 0 saturated heterocycles. The first-order valence-corrected chi connectivity index (χ1v) is 6.32. The minimum Gasteiger partial charge on any atom is -0.488 e. The molecule has 0 spiro atoms. The summed E-state index contributed by atoms with van der Waals surface area (Å²) in [5, 5.41) is 6.21. The Labute approximate surface area is 109 Å². The second-order valence-electron chi connectivity index (χ2n) is 4.12. The first-order chi connectivity index (χ1) is 8.71. The maximum absolute atomic E-state index is 5.99. The number of aliphatic imine (C=N–C) groups is 1. The van der Waals surface area contributed by atoms with E-state index in [2.05, 4.69) is 35.5 Å². The Morgan fingerprint density at radius 3 is 2.67 bits per heavy atom. The maximum Gasteiger partial charge on any atom is 0.190 e. The van der Waals surface area contributed by atoms with E-state index in [1.165, 1.54) is 0 Å². The van der Waals surface area contributed by atoms with Crippen molar-refractivity contribution in [2.45, 2.75) is 26.4 Å². The van der Waals surface area contributed by atoms with Gasteiger partial charge in [-0.15, -0.1) is 0 Å². The van der Waals surface area contributed by atoms with E-state index in [9.17, 15) is 0 Å². The van der Waals surface area contributed by atoms with Crippen LogP contribution in [-0.4, -0.2) is 32.7 Å². The zero-order valence-corrected chi connectivity index (χ0v) is 11.7. The van der Waals surface area contributed by atoms with E-state index in [0.717, 1.165) is 30.2 Å². The summed E-state index contributed by atoms with van der Waals surface area (Å²) in [5.41, 5.74) is 1.16. The Morgan fingerprint density at radius 1 is 1.39 bits per heavy atom. The van der Waals surface area contributed by atoms with Crippen LogP contribution in [0.25, 0.3) is 0 Å². The Hall–Kier alpha value is -1.71. The molecule has 0 aliphatic heterocycles. The molecule has 0 radical (unpaired) electrons. The van der Waals surface area contributed by atoms with Crippen LogP contribution in [0.4, 0.5) is 0 Å². The van der Waals surface area contributed by atoms with Crippen LogP contribution >= 0.6 is 0 Å². The summed E-state index contributed by atoms with van der Waals surface area (Å²) >= 11 is 0. The third kappa shape index (κ3) is 4.28. The van der Waals surface area contributed by atoms with Gasteiger partial charge in [0, 0.05) is 14.1 Å². The fourth-order valence-electron chi connectivity index (χ4n) is 1.63. The topological polar surface area (TPSA) is 45.7 Å². The molecule has 1 aromatic carbocycles. The minimum absolute atomic E-state index is 0.135. The van der Waals surface area contributed by atoms with E-state index in [4.69, 9.17) is 4.74 Å². The summed E-state index contributed by atoms with van der Waals surface area (Å²) in [6.45, 7) is 4.91. The minimum atomic E-state index is 0.135. The van der Waals surface area contributed by atoms with Gasteiger partial charge in [0.2, 0.25) is 0 Å². The SMILES string of the molecule is CCC(CNC(=NC)NC)Oc1ccccc1C. The van der Waals surface area contributed by atoms with Crippen LogP contribution in [0.3, 0.4) is 0 Å². The quantitative estimate of drug-likeness (QED) is 0.619. The van der Waals surface area contributed by atoms with Crippen LogP contribution in [0, 0.1) is 6.92 Å². The fraction of sp³-hybridized carbons (Fsp3) is 0.500.